The lowest BCUT2D eigenvalue weighted by Gasteiger charge is -2.07. The number of nitrogens with one attached hydrogen (secondary N) is 1. The van der Waals surface area contributed by atoms with Crippen LogP contribution in [0.2, 0.25) is 0 Å². The van der Waals surface area contributed by atoms with Gasteiger partial charge in [-0.05, 0) is 37.6 Å². The van der Waals surface area contributed by atoms with Gasteiger partial charge in [0.1, 0.15) is 5.01 Å². The standard InChI is InChI=1S/C12H13BrN2O2S2/c1-8-5-10(3-4-11(8)13)19(16,17)15-7-12-14-6-9(2)18-12/h3-6,15H,7H2,1-2H3. The molecule has 0 amide bonds. The minimum Gasteiger partial charge on any atom is -0.248 e. The van der Waals surface area contributed by atoms with Crippen molar-refractivity contribution in [2.45, 2.75) is 25.3 Å². The number of aromatic nitrogens is 1. The van der Waals surface area contributed by atoms with Crippen LogP contribution in [-0.4, -0.2) is 13.4 Å². The Morgan fingerprint density at radius 2 is 2.11 bits per heavy atom. The second-order valence-corrected chi connectivity index (χ2v) is 8.04. The first-order valence-corrected chi connectivity index (χ1v) is 8.65. The monoisotopic (exact) mass is 360 g/mol. The summed E-state index contributed by atoms with van der Waals surface area (Å²) in [4.78, 5) is 5.46. The summed E-state index contributed by atoms with van der Waals surface area (Å²) in [6.45, 7) is 4.01. The molecule has 1 heterocycles. The van der Waals surface area contributed by atoms with E-state index in [0.717, 1.165) is 19.9 Å². The third-order valence-electron chi connectivity index (χ3n) is 2.52. The normalized spacial score (nSPS) is 11.7. The van der Waals surface area contributed by atoms with Crippen LogP contribution in [0.25, 0.3) is 0 Å². The largest absolute Gasteiger partial charge is 0.248 e. The minimum atomic E-state index is -3.49. The zero-order valence-electron chi connectivity index (χ0n) is 10.5. The molecule has 1 aromatic carbocycles. The molecule has 0 atom stereocenters. The smallest absolute Gasteiger partial charge is 0.240 e. The number of thiazole rings is 1. The zero-order chi connectivity index (χ0) is 14.0. The third kappa shape index (κ3) is 3.62. The topological polar surface area (TPSA) is 59.1 Å². The number of benzene rings is 1. The fraction of sp³-hybridized carbons (Fsp3) is 0.250. The third-order valence-corrected chi connectivity index (χ3v) is 5.72. The molecule has 0 saturated carbocycles. The molecule has 4 nitrogen and oxygen atoms in total. The summed E-state index contributed by atoms with van der Waals surface area (Å²) in [7, 11) is -3.49. The van der Waals surface area contributed by atoms with Gasteiger partial charge in [0.25, 0.3) is 0 Å². The van der Waals surface area contributed by atoms with Crippen molar-refractivity contribution in [2.24, 2.45) is 0 Å². The van der Waals surface area contributed by atoms with E-state index in [1.54, 1.807) is 24.4 Å². The van der Waals surface area contributed by atoms with Gasteiger partial charge in [-0.2, -0.15) is 0 Å². The predicted octanol–water partition coefficient (Wildman–Crippen LogP) is 3.00. The van der Waals surface area contributed by atoms with E-state index < -0.39 is 10.0 Å². The molecule has 102 valence electrons. The molecule has 0 aliphatic heterocycles. The first-order valence-electron chi connectivity index (χ1n) is 5.55. The molecule has 0 aliphatic carbocycles. The van der Waals surface area contributed by atoms with Crippen LogP contribution >= 0.6 is 27.3 Å². The quantitative estimate of drug-likeness (QED) is 0.911. The molecule has 1 N–H and O–H groups in total. The highest BCUT2D eigenvalue weighted by atomic mass is 79.9. The molecule has 2 aromatic rings. The first kappa shape index (κ1) is 14.6. The molecular formula is C12H13BrN2O2S2. The number of hydrogen-bond donors (Lipinski definition) is 1. The number of nitrogens with zero attached hydrogens (tertiary/aromatic N) is 1. The van der Waals surface area contributed by atoms with E-state index in [9.17, 15) is 8.42 Å². The number of sulfonamides is 1. The Morgan fingerprint density at radius 1 is 1.37 bits per heavy atom. The van der Waals surface area contributed by atoms with E-state index in [2.05, 4.69) is 25.6 Å². The van der Waals surface area contributed by atoms with Crippen LogP contribution in [-0.2, 0) is 16.6 Å². The second-order valence-electron chi connectivity index (χ2n) is 4.10. The summed E-state index contributed by atoms with van der Waals surface area (Å²) in [6.07, 6.45) is 1.73. The van der Waals surface area contributed by atoms with Gasteiger partial charge in [-0.1, -0.05) is 15.9 Å². The SMILES string of the molecule is Cc1cnc(CNS(=O)(=O)c2ccc(Br)c(C)c2)s1. The lowest BCUT2D eigenvalue weighted by Crippen LogP contribution is -2.23. The van der Waals surface area contributed by atoms with Crippen molar-refractivity contribution < 1.29 is 8.42 Å². The Bertz CT molecular complexity index is 696. The van der Waals surface area contributed by atoms with Gasteiger partial charge >= 0.3 is 0 Å². The molecule has 0 bridgehead atoms. The van der Waals surface area contributed by atoms with E-state index in [1.165, 1.54) is 11.3 Å². The Labute approximate surface area is 125 Å². The Kier molecular flexibility index (Phi) is 4.39. The van der Waals surface area contributed by atoms with Crippen molar-refractivity contribution in [3.8, 4) is 0 Å². The molecule has 0 aliphatic rings. The van der Waals surface area contributed by atoms with Crippen LogP contribution in [0, 0.1) is 13.8 Å². The Hall–Kier alpha value is -0.760. The average Bonchev–Trinajstić information content (AvgIpc) is 2.76. The van der Waals surface area contributed by atoms with Gasteiger partial charge in [0.2, 0.25) is 10.0 Å². The summed E-state index contributed by atoms with van der Waals surface area (Å²) in [5.74, 6) is 0. The Morgan fingerprint density at radius 3 is 2.68 bits per heavy atom. The number of rotatable bonds is 4. The first-order chi connectivity index (χ1) is 8.88. The molecule has 0 fully saturated rings. The summed E-state index contributed by atoms with van der Waals surface area (Å²) < 4.78 is 27.7. The van der Waals surface area contributed by atoms with Gasteiger partial charge in [0, 0.05) is 15.5 Å². The molecule has 2 rings (SSSR count). The minimum absolute atomic E-state index is 0.218. The summed E-state index contributed by atoms with van der Waals surface area (Å²) in [5, 5.41) is 0.759. The van der Waals surface area contributed by atoms with Gasteiger partial charge in [-0.25, -0.2) is 18.1 Å². The molecule has 0 radical (unpaired) electrons. The maximum atomic E-state index is 12.1. The van der Waals surface area contributed by atoms with Crippen LogP contribution in [0.5, 0.6) is 0 Å². The highest BCUT2D eigenvalue weighted by Crippen LogP contribution is 2.20. The molecule has 19 heavy (non-hydrogen) atoms. The fourth-order valence-electron chi connectivity index (χ4n) is 1.51. The summed E-state index contributed by atoms with van der Waals surface area (Å²) in [6, 6.07) is 4.95. The van der Waals surface area contributed by atoms with Gasteiger partial charge in [0.05, 0.1) is 11.4 Å². The number of aryl methyl sites for hydroxylation is 2. The highest BCUT2D eigenvalue weighted by Gasteiger charge is 2.15. The van der Waals surface area contributed by atoms with E-state index in [-0.39, 0.29) is 11.4 Å². The van der Waals surface area contributed by atoms with E-state index in [4.69, 9.17) is 0 Å². The maximum absolute atomic E-state index is 12.1. The van der Waals surface area contributed by atoms with Crippen LogP contribution in [0.4, 0.5) is 0 Å². The summed E-state index contributed by atoms with van der Waals surface area (Å²) in [5.41, 5.74) is 0.882. The van der Waals surface area contributed by atoms with E-state index >= 15 is 0 Å². The number of halogens is 1. The molecule has 0 unspecified atom stereocenters. The van der Waals surface area contributed by atoms with Gasteiger partial charge in [-0.3, -0.25) is 0 Å². The van der Waals surface area contributed by atoms with Gasteiger partial charge in [0.15, 0.2) is 0 Å². The van der Waals surface area contributed by atoms with Crippen LogP contribution in [0.3, 0.4) is 0 Å². The maximum Gasteiger partial charge on any atom is 0.240 e. The van der Waals surface area contributed by atoms with Crippen LogP contribution < -0.4 is 4.72 Å². The lowest BCUT2D eigenvalue weighted by molar-refractivity contribution is 0.581. The van der Waals surface area contributed by atoms with E-state index in [1.807, 2.05) is 13.8 Å². The van der Waals surface area contributed by atoms with Gasteiger partial charge < -0.3 is 0 Å². The van der Waals surface area contributed by atoms with Crippen molar-refractivity contribution in [1.82, 2.24) is 9.71 Å². The molecule has 0 saturated heterocycles. The van der Waals surface area contributed by atoms with Crippen molar-refractivity contribution in [2.75, 3.05) is 0 Å². The average molecular weight is 361 g/mol. The Balaban J connectivity index is 2.16. The lowest BCUT2D eigenvalue weighted by atomic mass is 10.2. The zero-order valence-corrected chi connectivity index (χ0v) is 13.7. The van der Waals surface area contributed by atoms with Gasteiger partial charge in [-0.15, -0.1) is 11.3 Å². The molecule has 1 aromatic heterocycles. The van der Waals surface area contributed by atoms with Crippen LogP contribution in [0.1, 0.15) is 15.4 Å². The molecule has 0 spiro atoms. The second kappa shape index (κ2) is 5.70. The van der Waals surface area contributed by atoms with Crippen molar-refractivity contribution in [3.63, 3.8) is 0 Å². The molecular weight excluding hydrogens is 348 g/mol. The predicted molar refractivity (Wildman–Crippen MR) is 79.8 cm³/mol. The van der Waals surface area contributed by atoms with E-state index in [0.29, 0.717) is 0 Å². The van der Waals surface area contributed by atoms with Crippen molar-refractivity contribution in [3.05, 3.63) is 44.3 Å². The van der Waals surface area contributed by atoms with Crippen molar-refractivity contribution >= 4 is 37.3 Å². The highest BCUT2D eigenvalue weighted by molar-refractivity contribution is 9.10. The molecule has 7 heteroatoms. The number of hydrogen-bond acceptors (Lipinski definition) is 4. The fourth-order valence-corrected chi connectivity index (χ4v) is 3.64. The van der Waals surface area contributed by atoms with Crippen molar-refractivity contribution in [1.29, 1.82) is 0 Å². The summed E-state index contributed by atoms with van der Waals surface area (Å²) >= 11 is 4.83. The van der Waals surface area contributed by atoms with Crippen LogP contribution in [0.15, 0.2) is 33.8 Å².